The highest BCUT2D eigenvalue weighted by Gasteiger charge is 1.93. The maximum absolute atomic E-state index is 2.17. The molecule has 0 unspecified atom stereocenters. The molecule has 0 heterocycles. The van der Waals surface area contributed by atoms with Crippen molar-refractivity contribution in [3.63, 3.8) is 0 Å². The van der Waals surface area contributed by atoms with Crippen LogP contribution in [-0.2, 0) is 0 Å². The monoisotopic (exact) mass is 402 g/mol. The van der Waals surface area contributed by atoms with Crippen molar-refractivity contribution >= 4 is 38.4 Å². The lowest BCUT2D eigenvalue weighted by Gasteiger charge is -2.00. The zero-order valence-electron chi connectivity index (χ0n) is 16.5. The minimum absolute atomic E-state index is 0.777. The van der Waals surface area contributed by atoms with Gasteiger partial charge >= 0.3 is 0 Å². The minimum atomic E-state index is 0.777. The number of benzene rings is 4. The molecule has 0 aliphatic rings. The van der Waals surface area contributed by atoms with Crippen LogP contribution in [0.3, 0.4) is 0 Å². The molecule has 0 saturated carbocycles. The fraction of sp³-hybridized carbons (Fsp3) is 0.0769. The Morgan fingerprint density at radius 3 is 0.679 bits per heavy atom. The van der Waals surface area contributed by atoms with Gasteiger partial charge < -0.3 is 0 Å². The van der Waals surface area contributed by atoms with E-state index in [2.05, 4.69) is 121 Å². The van der Waals surface area contributed by atoms with Crippen molar-refractivity contribution in [2.75, 3.05) is 0 Å². The van der Waals surface area contributed by atoms with Crippen molar-refractivity contribution in [2.24, 2.45) is 0 Å². The number of rotatable bonds is 4. The number of hydrogen-bond donors (Lipinski definition) is 0. The average molecular weight is 402 g/mol. The zero-order valence-corrected chi connectivity index (χ0v) is 18.5. The molecule has 0 fully saturated rings. The van der Waals surface area contributed by atoms with Gasteiger partial charge in [0.15, 0.2) is 0 Å². The third kappa shape index (κ3) is 8.62. The lowest BCUT2D eigenvalue weighted by molar-refractivity contribution is 1.50. The van der Waals surface area contributed by atoms with Gasteiger partial charge in [0.25, 0.3) is 0 Å². The molecule has 4 aromatic carbocycles. The zero-order chi connectivity index (χ0) is 19.9. The standard InChI is InChI=1S/2C12H11P.C2H6/c2*1-3-7-11(8-4-1)13-12-9-5-2-6-10-12;1-2/h2*1-10,13H;1-2H3. The van der Waals surface area contributed by atoms with Gasteiger partial charge in [0, 0.05) is 0 Å². The smallest absolute Gasteiger partial charge is 0.0226 e. The third-order valence-corrected chi connectivity index (χ3v) is 6.16. The Hall–Kier alpha value is -2.26. The molecule has 0 aliphatic heterocycles. The highest BCUT2D eigenvalue weighted by molar-refractivity contribution is 7.55. The third-order valence-electron chi connectivity index (χ3n) is 3.67. The van der Waals surface area contributed by atoms with Crippen LogP contribution in [0.2, 0.25) is 0 Å². The summed E-state index contributed by atoms with van der Waals surface area (Å²) in [5, 5.41) is 5.59. The Labute approximate surface area is 173 Å². The van der Waals surface area contributed by atoms with Crippen molar-refractivity contribution in [2.45, 2.75) is 13.8 Å². The summed E-state index contributed by atoms with van der Waals surface area (Å²) < 4.78 is 0. The molecule has 0 radical (unpaired) electrons. The molecule has 0 amide bonds. The Morgan fingerprint density at radius 2 is 0.500 bits per heavy atom. The Balaban J connectivity index is 0.000000184. The van der Waals surface area contributed by atoms with Crippen LogP contribution in [0.15, 0.2) is 121 Å². The average Bonchev–Trinajstić information content (AvgIpc) is 2.79. The van der Waals surface area contributed by atoms with E-state index in [1.54, 1.807) is 0 Å². The van der Waals surface area contributed by atoms with Gasteiger partial charge in [-0.3, -0.25) is 0 Å². The molecular formula is C26H28P2. The van der Waals surface area contributed by atoms with Gasteiger partial charge in [-0.05, 0) is 21.2 Å². The Kier molecular flexibility index (Phi) is 10.9. The summed E-state index contributed by atoms with van der Waals surface area (Å²) in [6.45, 7) is 4.00. The van der Waals surface area contributed by atoms with Crippen LogP contribution < -0.4 is 21.2 Å². The number of hydrogen-bond acceptors (Lipinski definition) is 0. The van der Waals surface area contributed by atoms with Crippen molar-refractivity contribution in [1.82, 2.24) is 0 Å². The maximum Gasteiger partial charge on any atom is -0.0226 e. The Morgan fingerprint density at radius 1 is 0.321 bits per heavy atom. The first-order valence-electron chi connectivity index (χ1n) is 9.64. The van der Waals surface area contributed by atoms with E-state index in [1.807, 2.05) is 13.8 Å². The highest BCUT2D eigenvalue weighted by atomic mass is 31.1. The molecule has 4 rings (SSSR count). The first-order valence-corrected chi connectivity index (χ1v) is 11.6. The minimum Gasteiger partial charge on any atom is -0.0683 e. The van der Waals surface area contributed by atoms with Crippen LogP contribution in [0.25, 0.3) is 0 Å². The second-order valence-electron chi connectivity index (χ2n) is 5.71. The van der Waals surface area contributed by atoms with E-state index in [0.29, 0.717) is 0 Å². The van der Waals surface area contributed by atoms with E-state index in [-0.39, 0.29) is 0 Å². The first kappa shape index (κ1) is 22.0. The predicted molar refractivity (Wildman–Crippen MR) is 132 cm³/mol. The topological polar surface area (TPSA) is 0 Å². The van der Waals surface area contributed by atoms with Gasteiger partial charge in [0.1, 0.15) is 0 Å². The second kappa shape index (κ2) is 13.8. The van der Waals surface area contributed by atoms with Crippen LogP contribution in [0.5, 0.6) is 0 Å². The lowest BCUT2D eigenvalue weighted by Crippen LogP contribution is -2.01. The molecule has 0 atom stereocenters. The van der Waals surface area contributed by atoms with Crippen molar-refractivity contribution in [3.05, 3.63) is 121 Å². The predicted octanol–water partition coefficient (Wildman–Crippen LogP) is 5.66. The molecule has 28 heavy (non-hydrogen) atoms. The highest BCUT2D eigenvalue weighted by Crippen LogP contribution is 2.09. The van der Waals surface area contributed by atoms with Gasteiger partial charge in [-0.1, -0.05) is 152 Å². The van der Waals surface area contributed by atoms with Crippen molar-refractivity contribution in [1.29, 1.82) is 0 Å². The lowest BCUT2D eigenvalue weighted by atomic mass is 10.4. The quantitative estimate of drug-likeness (QED) is 0.387. The molecule has 0 N–H and O–H groups in total. The van der Waals surface area contributed by atoms with Gasteiger partial charge in [-0.15, -0.1) is 0 Å². The van der Waals surface area contributed by atoms with Gasteiger partial charge in [0.2, 0.25) is 0 Å². The molecule has 0 nitrogen and oxygen atoms in total. The van der Waals surface area contributed by atoms with Gasteiger partial charge in [-0.2, -0.15) is 0 Å². The SMILES string of the molecule is CC.c1ccc(Pc2ccccc2)cc1.c1ccc(Pc2ccccc2)cc1. The molecule has 0 spiro atoms. The molecule has 0 bridgehead atoms. The largest absolute Gasteiger partial charge is 0.0683 e. The van der Waals surface area contributed by atoms with E-state index in [4.69, 9.17) is 0 Å². The molecule has 0 saturated heterocycles. The molecule has 2 heteroatoms. The van der Waals surface area contributed by atoms with Gasteiger partial charge in [0.05, 0.1) is 0 Å². The summed E-state index contributed by atoms with van der Waals surface area (Å²) in [5.74, 6) is 0. The van der Waals surface area contributed by atoms with Crippen LogP contribution in [-0.4, -0.2) is 0 Å². The summed E-state index contributed by atoms with van der Waals surface area (Å²) in [7, 11) is 1.55. The van der Waals surface area contributed by atoms with Gasteiger partial charge in [-0.25, -0.2) is 0 Å². The summed E-state index contributed by atoms with van der Waals surface area (Å²) in [6, 6.07) is 42.3. The molecular weight excluding hydrogens is 374 g/mol. The maximum atomic E-state index is 2.17. The van der Waals surface area contributed by atoms with Crippen LogP contribution in [0.4, 0.5) is 0 Å². The van der Waals surface area contributed by atoms with Crippen LogP contribution >= 0.6 is 17.2 Å². The van der Waals surface area contributed by atoms with E-state index in [1.165, 1.54) is 21.2 Å². The van der Waals surface area contributed by atoms with Crippen LogP contribution in [0.1, 0.15) is 13.8 Å². The summed E-state index contributed by atoms with van der Waals surface area (Å²) in [6.07, 6.45) is 0. The second-order valence-corrected chi connectivity index (χ2v) is 8.52. The summed E-state index contributed by atoms with van der Waals surface area (Å²) in [4.78, 5) is 0. The van der Waals surface area contributed by atoms with E-state index >= 15 is 0 Å². The fourth-order valence-electron chi connectivity index (χ4n) is 2.42. The summed E-state index contributed by atoms with van der Waals surface area (Å²) >= 11 is 0. The van der Waals surface area contributed by atoms with Crippen molar-refractivity contribution in [3.8, 4) is 0 Å². The van der Waals surface area contributed by atoms with Crippen LogP contribution in [0, 0.1) is 0 Å². The fourth-order valence-corrected chi connectivity index (χ4v) is 4.52. The van der Waals surface area contributed by atoms with Crippen molar-refractivity contribution < 1.29 is 0 Å². The molecule has 0 aromatic heterocycles. The first-order chi connectivity index (χ1) is 13.9. The van der Waals surface area contributed by atoms with E-state index in [9.17, 15) is 0 Å². The molecule has 142 valence electrons. The molecule has 0 aliphatic carbocycles. The summed E-state index contributed by atoms with van der Waals surface area (Å²) in [5.41, 5.74) is 0. The van der Waals surface area contributed by atoms with E-state index in [0.717, 1.165) is 17.2 Å². The normalized spacial score (nSPS) is 9.36. The Bertz CT molecular complexity index is 709. The molecule has 4 aromatic rings. The van der Waals surface area contributed by atoms with E-state index < -0.39 is 0 Å².